The predicted molar refractivity (Wildman–Crippen MR) is 67.0 cm³/mol. The van der Waals surface area contributed by atoms with Crippen molar-refractivity contribution in [2.45, 2.75) is 13.3 Å². The van der Waals surface area contributed by atoms with Crippen molar-refractivity contribution < 1.29 is 4.79 Å². The van der Waals surface area contributed by atoms with Gasteiger partial charge in [-0.25, -0.2) is 0 Å². The third-order valence-electron chi connectivity index (χ3n) is 2.33. The maximum atomic E-state index is 11.3. The highest BCUT2D eigenvalue weighted by molar-refractivity contribution is 5.91. The quantitative estimate of drug-likeness (QED) is 0.728. The molecule has 0 unspecified atom stereocenters. The Bertz CT molecular complexity index is 345. The van der Waals surface area contributed by atoms with Crippen LogP contribution in [0.2, 0.25) is 0 Å². The van der Waals surface area contributed by atoms with Crippen molar-refractivity contribution >= 4 is 11.7 Å². The van der Waals surface area contributed by atoms with Gasteiger partial charge in [0.05, 0.1) is 0 Å². The number of anilines is 1. The summed E-state index contributed by atoms with van der Waals surface area (Å²) in [4.78, 5) is 13.4. The normalized spacial score (nSPS) is 10.1. The van der Waals surface area contributed by atoms with Gasteiger partial charge in [-0.3, -0.25) is 4.79 Å². The maximum Gasteiger partial charge on any atom is 0.271 e. The Hall–Kier alpha value is -1.69. The average Bonchev–Trinajstić information content (AvgIpc) is 2.38. The van der Waals surface area contributed by atoms with Crippen LogP contribution in [0.5, 0.6) is 0 Å². The fourth-order valence-electron chi connectivity index (χ4n) is 1.51. The molecule has 1 rings (SSSR count). The summed E-state index contributed by atoms with van der Waals surface area (Å²) < 4.78 is 0. The first kappa shape index (κ1) is 13.4. The van der Waals surface area contributed by atoms with Gasteiger partial charge in [-0.2, -0.15) is 0 Å². The van der Waals surface area contributed by atoms with E-state index in [1.165, 1.54) is 0 Å². The van der Waals surface area contributed by atoms with Gasteiger partial charge in [0.15, 0.2) is 11.5 Å². The Labute approximate surface area is 101 Å². The van der Waals surface area contributed by atoms with E-state index in [-0.39, 0.29) is 5.91 Å². The second-order valence-corrected chi connectivity index (χ2v) is 3.63. The van der Waals surface area contributed by atoms with Gasteiger partial charge in [0.25, 0.3) is 5.91 Å². The number of carbonyl (C=O) groups excluding carboxylic acids is 1. The lowest BCUT2D eigenvalue weighted by atomic mass is 10.3. The Morgan fingerprint density at radius 2 is 2.18 bits per heavy atom. The zero-order valence-electron chi connectivity index (χ0n) is 10.3. The zero-order valence-corrected chi connectivity index (χ0v) is 10.3. The second kappa shape index (κ2) is 6.80. The molecule has 0 aromatic carbocycles. The number of carbonyl (C=O) groups is 1. The molecule has 0 radical (unpaired) electrons. The van der Waals surface area contributed by atoms with Gasteiger partial charge in [-0.05, 0) is 18.6 Å². The molecule has 1 aromatic heterocycles. The monoisotopic (exact) mass is 237 g/mol. The summed E-state index contributed by atoms with van der Waals surface area (Å²) in [6.45, 7) is 4.28. The highest BCUT2D eigenvalue weighted by Gasteiger charge is 2.09. The molecule has 0 aliphatic rings. The summed E-state index contributed by atoms with van der Waals surface area (Å²) >= 11 is 0. The lowest BCUT2D eigenvalue weighted by molar-refractivity contribution is 0.0957. The van der Waals surface area contributed by atoms with Crippen molar-refractivity contribution in [1.29, 1.82) is 0 Å². The van der Waals surface area contributed by atoms with Crippen molar-refractivity contribution in [3.63, 3.8) is 0 Å². The van der Waals surface area contributed by atoms with Gasteiger partial charge < -0.3 is 16.0 Å². The fourth-order valence-corrected chi connectivity index (χ4v) is 1.51. The summed E-state index contributed by atoms with van der Waals surface area (Å²) in [6.07, 6.45) is 1.01. The largest absolute Gasteiger partial charge is 0.354 e. The minimum absolute atomic E-state index is 0.232. The average molecular weight is 237 g/mol. The molecule has 6 heteroatoms. The van der Waals surface area contributed by atoms with Gasteiger partial charge in [-0.15, -0.1) is 10.2 Å². The van der Waals surface area contributed by atoms with Crippen LogP contribution in [0, 0.1) is 0 Å². The highest BCUT2D eigenvalue weighted by Crippen LogP contribution is 2.09. The van der Waals surface area contributed by atoms with E-state index in [9.17, 15) is 4.79 Å². The molecule has 0 aliphatic carbocycles. The summed E-state index contributed by atoms with van der Waals surface area (Å²) in [6, 6.07) is 3.46. The van der Waals surface area contributed by atoms with E-state index in [1.807, 2.05) is 0 Å². The number of nitrogens with two attached hydrogens (primary N) is 1. The molecule has 0 fully saturated rings. The fraction of sp³-hybridized carbons (Fsp3) is 0.545. The van der Waals surface area contributed by atoms with Crippen LogP contribution >= 0.6 is 0 Å². The van der Waals surface area contributed by atoms with Gasteiger partial charge in [-0.1, -0.05) is 6.92 Å². The molecule has 0 spiro atoms. The molecule has 0 saturated heterocycles. The van der Waals surface area contributed by atoms with Crippen LogP contribution < -0.4 is 16.0 Å². The van der Waals surface area contributed by atoms with Crippen LogP contribution in [0.25, 0.3) is 0 Å². The molecule has 6 nitrogen and oxygen atoms in total. The number of rotatable bonds is 6. The smallest absolute Gasteiger partial charge is 0.271 e. The minimum atomic E-state index is -0.232. The van der Waals surface area contributed by atoms with E-state index in [1.54, 1.807) is 19.2 Å². The number of amides is 1. The molecule has 1 aromatic rings. The minimum Gasteiger partial charge on any atom is -0.354 e. The van der Waals surface area contributed by atoms with E-state index in [4.69, 9.17) is 5.73 Å². The van der Waals surface area contributed by atoms with Crippen LogP contribution in [0.1, 0.15) is 23.8 Å². The summed E-state index contributed by atoms with van der Waals surface area (Å²) in [5, 5.41) is 10.4. The molecule has 0 bridgehead atoms. The van der Waals surface area contributed by atoms with E-state index < -0.39 is 0 Å². The second-order valence-electron chi connectivity index (χ2n) is 3.63. The van der Waals surface area contributed by atoms with Crippen molar-refractivity contribution in [2.75, 3.05) is 31.6 Å². The topological polar surface area (TPSA) is 84.1 Å². The number of nitrogens with zero attached hydrogens (tertiary/aromatic N) is 3. The molecule has 0 aliphatic heterocycles. The van der Waals surface area contributed by atoms with Crippen molar-refractivity contribution in [1.82, 2.24) is 15.5 Å². The Morgan fingerprint density at radius 1 is 1.41 bits per heavy atom. The van der Waals surface area contributed by atoms with Crippen molar-refractivity contribution in [3.8, 4) is 0 Å². The van der Waals surface area contributed by atoms with Crippen LogP contribution in [0.15, 0.2) is 12.1 Å². The maximum absolute atomic E-state index is 11.3. The first-order valence-electron chi connectivity index (χ1n) is 5.73. The Balaban J connectivity index is 2.80. The van der Waals surface area contributed by atoms with Crippen molar-refractivity contribution in [2.24, 2.45) is 5.73 Å². The molecular weight excluding hydrogens is 218 g/mol. The number of aromatic nitrogens is 2. The molecule has 94 valence electrons. The van der Waals surface area contributed by atoms with Crippen molar-refractivity contribution in [3.05, 3.63) is 17.8 Å². The standard InChI is InChI=1S/C11H19N5O/c1-3-7-16(8-6-12)10-5-4-9(14-15-10)11(17)13-2/h4-5H,3,6-8,12H2,1-2H3,(H,13,17). The lowest BCUT2D eigenvalue weighted by Gasteiger charge is -2.21. The molecule has 17 heavy (non-hydrogen) atoms. The third-order valence-corrected chi connectivity index (χ3v) is 2.33. The van der Waals surface area contributed by atoms with Gasteiger partial charge in [0.2, 0.25) is 0 Å². The summed E-state index contributed by atoms with van der Waals surface area (Å²) in [5.74, 6) is 0.523. The number of nitrogens with one attached hydrogen (secondary N) is 1. The van der Waals surface area contributed by atoms with E-state index in [0.29, 0.717) is 12.2 Å². The first-order valence-corrected chi connectivity index (χ1v) is 5.73. The lowest BCUT2D eigenvalue weighted by Crippen LogP contribution is -2.31. The van der Waals surface area contributed by atoms with E-state index in [2.05, 4.69) is 27.3 Å². The Kier molecular flexibility index (Phi) is 5.35. The SMILES string of the molecule is CCCN(CCN)c1ccc(C(=O)NC)nn1. The Morgan fingerprint density at radius 3 is 2.65 bits per heavy atom. The number of hydrogen-bond acceptors (Lipinski definition) is 5. The summed E-state index contributed by atoms with van der Waals surface area (Å²) in [5.41, 5.74) is 5.86. The molecule has 1 heterocycles. The predicted octanol–water partition coefficient (Wildman–Crippen LogP) is 0.0113. The first-order chi connectivity index (χ1) is 8.22. The highest BCUT2D eigenvalue weighted by atomic mass is 16.1. The van der Waals surface area contributed by atoms with Crippen LogP contribution in [-0.4, -0.2) is 42.8 Å². The van der Waals surface area contributed by atoms with E-state index in [0.717, 1.165) is 25.3 Å². The van der Waals surface area contributed by atoms with Gasteiger partial charge in [0.1, 0.15) is 0 Å². The van der Waals surface area contributed by atoms with Crippen LogP contribution in [0.4, 0.5) is 5.82 Å². The third kappa shape index (κ3) is 3.67. The van der Waals surface area contributed by atoms with Gasteiger partial charge >= 0.3 is 0 Å². The zero-order chi connectivity index (χ0) is 12.7. The summed E-state index contributed by atoms with van der Waals surface area (Å²) in [7, 11) is 1.57. The number of hydrogen-bond donors (Lipinski definition) is 2. The molecule has 1 amide bonds. The molecular formula is C11H19N5O. The van der Waals surface area contributed by atoms with Crippen LogP contribution in [-0.2, 0) is 0 Å². The van der Waals surface area contributed by atoms with E-state index >= 15 is 0 Å². The molecule has 3 N–H and O–H groups in total. The van der Waals surface area contributed by atoms with Gasteiger partial charge in [0, 0.05) is 26.7 Å². The molecule has 0 saturated carbocycles. The van der Waals surface area contributed by atoms with Crippen LogP contribution in [0.3, 0.4) is 0 Å². The molecule has 0 atom stereocenters.